The fraction of sp³-hybridized carbons (Fsp3) is 0.0833. The second-order valence-electron chi connectivity index (χ2n) is 9.05. The van der Waals surface area contributed by atoms with E-state index in [1.165, 1.54) is 31.2 Å². The number of nitrogens with two attached hydrogens (primary N) is 1. The molecule has 4 N–H and O–H groups in total. The summed E-state index contributed by atoms with van der Waals surface area (Å²) in [7, 11) is -13.0. The number of hydrogen-bond acceptors (Lipinski definition) is 9. The van der Waals surface area contributed by atoms with Crippen molar-refractivity contribution in [3.63, 3.8) is 0 Å². The van der Waals surface area contributed by atoms with Crippen molar-refractivity contribution in [3.05, 3.63) is 85.8 Å². The molecule has 1 aliphatic rings. The van der Waals surface area contributed by atoms with Gasteiger partial charge in [-0.05, 0) is 50.2 Å². The van der Waals surface area contributed by atoms with Gasteiger partial charge in [-0.2, -0.15) is 26.8 Å². The van der Waals surface area contributed by atoms with Crippen molar-refractivity contribution >= 4 is 87.4 Å². The lowest BCUT2D eigenvalue weighted by atomic mass is 10.1. The number of nitrogens with one attached hydrogen (secondary N) is 2. The van der Waals surface area contributed by atoms with E-state index in [0.717, 1.165) is 17.7 Å². The van der Waals surface area contributed by atoms with E-state index in [0.29, 0.717) is 0 Å². The Labute approximate surface area is 255 Å². The summed E-state index contributed by atoms with van der Waals surface area (Å²) in [6.07, 6.45) is 0. The molecule has 0 fully saturated rings. The maximum Gasteiger partial charge on any atom is 0.286 e. The van der Waals surface area contributed by atoms with Crippen molar-refractivity contribution in [3.8, 4) is 0 Å². The number of rotatable bonds is 5. The van der Waals surface area contributed by atoms with Crippen LogP contribution in [0.15, 0.2) is 77.1 Å². The van der Waals surface area contributed by atoms with Crippen molar-refractivity contribution in [2.75, 3.05) is 5.32 Å². The molecular weight excluding hydrogens is 673 g/mol. The summed E-state index contributed by atoms with van der Waals surface area (Å²) in [6.45, 7) is 3.29. The quantitative estimate of drug-likeness (QED) is 0.262. The molecule has 0 saturated carbocycles. The van der Waals surface area contributed by atoms with Crippen LogP contribution in [0.1, 0.15) is 16.9 Å². The molecule has 18 heteroatoms. The molecule has 1 aliphatic heterocycles. The van der Waals surface area contributed by atoms with Crippen molar-refractivity contribution in [1.29, 1.82) is 0 Å². The van der Waals surface area contributed by atoms with Gasteiger partial charge in [0.25, 0.3) is 20.0 Å². The van der Waals surface area contributed by atoms with E-state index in [2.05, 4.69) is 19.6 Å². The number of fused-ring (bicyclic) bond motifs is 2. The van der Waals surface area contributed by atoms with Gasteiger partial charge in [0, 0.05) is 16.0 Å². The maximum atomic E-state index is 13.2. The Morgan fingerprint density at radius 1 is 0.976 bits per heavy atom. The molecule has 0 unspecified atom stereocenters. The molecule has 1 aromatic heterocycles. The highest BCUT2D eigenvalue weighted by molar-refractivity contribution is 7.91. The number of hydrogen-bond donors (Lipinski definition) is 3. The van der Waals surface area contributed by atoms with Crippen LogP contribution in [0.2, 0.25) is 15.1 Å². The lowest BCUT2D eigenvalue weighted by Crippen LogP contribution is -2.28. The molecule has 2 heterocycles. The van der Waals surface area contributed by atoms with E-state index in [-0.39, 0.29) is 59.1 Å². The number of amidine groups is 1. The van der Waals surface area contributed by atoms with E-state index >= 15 is 0 Å². The molecule has 5 rings (SSSR count). The Hall–Kier alpha value is -3.18. The number of anilines is 1. The Bertz CT molecular complexity index is 2250. The second-order valence-corrected chi connectivity index (χ2v) is 15.1. The number of halogens is 3. The molecule has 0 spiro atoms. The summed E-state index contributed by atoms with van der Waals surface area (Å²) in [5, 5.41) is 12.1. The summed E-state index contributed by atoms with van der Waals surface area (Å²) in [5.74, 6) is -0.522. The number of sulfonamides is 3. The first-order chi connectivity index (χ1) is 19.5. The minimum Gasteiger partial charge on any atom is -0.451 e. The molecule has 42 heavy (non-hydrogen) atoms. The van der Waals surface area contributed by atoms with Crippen LogP contribution in [-0.2, 0) is 30.1 Å². The van der Waals surface area contributed by atoms with Gasteiger partial charge in [0.2, 0.25) is 10.0 Å². The Morgan fingerprint density at radius 2 is 1.64 bits per heavy atom. The van der Waals surface area contributed by atoms with Crippen LogP contribution < -0.4 is 20.6 Å². The molecular formula is C24H18Cl3N5O7S3. The van der Waals surface area contributed by atoms with E-state index in [4.69, 9.17) is 44.4 Å². The van der Waals surface area contributed by atoms with Crippen LogP contribution in [0.5, 0.6) is 0 Å². The van der Waals surface area contributed by atoms with Gasteiger partial charge < -0.3 is 9.73 Å². The van der Waals surface area contributed by atoms with E-state index in [1.807, 2.05) is 0 Å². The van der Waals surface area contributed by atoms with Crippen LogP contribution in [0.3, 0.4) is 0 Å². The normalized spacial score (nSPS) is 15.2. The molecule has 4 aromatic rings. The lowest BCUT2D eigenvalue weighted by molar-refractivity contribution is 0.577. The standard InChI is InChI=1S/C24H18Cl3N5O7S3/c1-11-3-5-14(6-4-11)41(35,36)32-30-21-12(2)22(39-23-15(21)7-13(25)8-17(23)27)24-29-18-9-16(26)19(40(28,33)34)10-20(18)42(37,38)31-24/h3-10,32H,1-2H3,(H,29,31)(H2,28,33,34)/b30-21+. The maximum absolute atomic E-state index is 13.2. The fourth-order valence-electron chi connectivity index (χ4n) is 4.06. The number of primary sulfonamides is 1. The first kappa shape index (κ1) is 30.3. The number of benzene rings is 3. The number of nitrogens with zero attached hydrogens (tertiary/aromatic N) is 2. The Balaban J connectivity index is 1.72. The predicted molar refractivity (Wildman–Crippen MR) is 158 cm³/mol. The third-order valence-electron chi connectivity index (χ3n) is 6.07. The summed E-state index contributed by atoms with van der Waals surface area (Å²) in [5.41, 5.74) is 0.869. The fourth-order valence-corrected chi connectivity index (χ4v) is 7.69. The first-order valence-electron chi connectivity index (χ1n) is 11.5. The molecule has 220 valence electrons. The van der Waals surface area contributed by atoms with E-state index in [1.54, 1.807) is 19.1 Å². The van der Waals surface area contributed by atoms with Crippen molar-refractivity contribution in [1.82, 2.24) is 4.83 Å². The average molecular weight is 691 g/mol. The zero-order valence-electron chi connectivity index (χ0n) is 21.3. The van der Waals surface area contributed by atoms with Crippen LogP contribution in [0.4, 0.5) is 5.69 Å². The van der Waals surface area contributed by atoms with Crippen LogP contribution >= 0.6 is 34.8 Å². The SMILES string of the molecule is Cc1ccc(S(=O)(=O)N/N=c2\c(C)c(C3=NS(=O)(=O)c4cc(S(N)(=O)=O)c(Cl)cc4N3)oc3c(Cl)cc(Cl)cc23)cc1. The second kappa shape index (κ2) is 10.5. The lowest BCUT2D eigenvalue weighted by Gasteiger charge is -2.20. The van der Waals surface area contributed by atoms with Crippen molar-refractivity contribution < 1.29 is 29.7 Å². The smallest absolute Gasteiger partial charge is 0.286 e. The summed E-state index contributed by atoms with van der Waals surface area (Å²) in [6, 6.07) is 10.7. The van der Waals surface area contributed by atoms with Gasteiger partial charge in [0.05, 0.1) is 20.6 Å². The summed E-state index contributed by atoms with van der Waals surface area (Å²) in [4.78, 5) is 1.02. The van der Waals surface area contributed by atoms with Gasteiger partial charge in [-0.15, -0.1) is 4.40 Å². The average Bonchev–Trinajstić information content (AvgIpc) is 2.86. The Morgan fingerprint density at radius 3 is 2.29 bits per heavy atom. The monoisotopic (exact) mass is 689 g/mol. The van der Waals surface area contributed by atoms with Crippen molar-refractivity contribution in [2.45, 2.75) is 28.5 Å². The molecule has 0 aliphatic carbocycles. The highest BCUT2D eigenvalue weighted by Gasteiger charge is 2.31. The summed E-state index contributed by atoms with van der Waals surface area (Å²) >= 11 is 18.7. The van der Waals surface area contributed by atoms with Crippen LogP contribution in [0.25, 0.3) is 11.0 Å². The highest BCUT2D eigenvalue weighted by Crippen LogP contribution is 2.36. The third-order valence-corrected chi connectivity index (χ3v) is 10.5. The zero-order chi connectivity index (χ0) is 30.8. The minimum atomic E-state index is -4.52. The third kappa shape index (κ3) is 5.60. The molecule has 0 radical (unpaired) electrons. The predicted octanol–water partition coefficient (Wildman–Crippen LogP) is 4.01. The molecule has 3 aromatic carbocycles. The topological polar surface area (TPSA) is 190 Å². The molecule has 0 atom stereocenters. The highest BCUT2D eigenvalue weighted by atomic mass is 35.5. The van der Waals surface area contributed by atoms with Gasteiger partial charge in [0.15, 0.2) is 17.2 Å². The number of aryl methyl sites for hydroxylation is 1. The molecule has 0 saturated heterocycles. The van der Waals surface area contributed by atoms with Gasteiger partial charge in [0.1, 0.15) is 15.1 Å². The van der Waals surface area contributed by atoms with Crippen LogP contribution in [0, 0.1) is 13.8 Å². The minimum absolute atomic E-state index is 0.00152. The van der Waals surface area contributed by atoms with Crippen molar-refractivity contribution in [2.24, 2.45) is 14.6 Å². The molecule has 0 bridgehead atoms. The summed E-state index contributed by atoms with van der Waals surface area (Å²) < 4.78 is 85.7. The zero-order valence-corrected chi connectivity index (χ0v) is 26.0. The van der Waals surface area contributed by atoms with Gasteiger partial charge in [-0.1, -0.05) is 52.5 Å². The molecule has 12 nitrogen and oxygen atoms in total. The Kier molecular flexibility index (Phi) is 7.58. The van der Waals surface area contributed by atoms with Gasteiger partial charge in [-0.3, -0.25) is 0 Å². The van der Waals surface area contributed by atoms with Gasteiger partial charge in [-0.25, -0.2) is 13.6 Å². The van der Waals surface area contributed by atoms with Gasteiger partial charge >= 0.3 is 0 Å². The molecule has 0 amide bonds. The largest absolute Gasteiger partial charge is 0.451 e. The van der Waals surface area contributed by atoms with E-state index in [9.17, 15) is 25.3 Å². The first-order valence-corrected chi connectivity index (χ1v) is 17.1. The van der Waals surface area contributed by atoms with Crippen LogP contribution in [-0.4, -0.2) is 31.1 Å². The van der Waals surface area contributed by atoms with E-state index < -0.39 is 39.9 Å².